The number of nitrogens with one attached hydrogen (secondary N) is 1. The molecule has 2 bridgehead atoms. The van der Waals surface area contributed by atoms with Crippen molar-refractivity contribution >= 4 is 28.5 Å². The zero-order chi connectivity index (χ0) is 18.4. The van der Waals surface area contributed by atoms with E-state index in [1.54, 1.807) is 19.3 Å². The van der Waals surface area contributed by atoms with Gasteiger partial charge >= 0.3 is 0 Å². The average molecular weight is 356 g/mol. The highest BCUT2D eigenvalue weighted by molar-refractivity contribution is 6.03. The molecule has 0 aromatic carbocycles. The summed E-state index contributed by atoms with van der Waals surface area (Å²) in [5, 5.41) is 3.90. The number of carbonyl (C=O) groups is 2. The van der Waals surface area contributed by atoms with E-state index in [4.69, 9.17) is 4.42 Å². The summed E-state index contributed by atoms with van der Waals surface area (Å²) in [6, 6.07) is 2.21. The normalized spacial score (nSPS) is 27.5. The summed E-state index contributed by atoms with van der Waals surface area (Å²) in [6.45, 7) is 5.92. The third-order valence-corrected chi connectivity index (χ3v) is 5.98. The van der Waals surface area contributed by atoms with Crippen LogP contribution in [-0.4, -0.2) is 53.9 Å². The summed E-state index contributed by atoms with van der Waals surface area (Å²) >= 11 is 0. The van der Waals surface area contributed by atoms with Crippen LogP contribution in [0.3, 0.4) is 0 Å². The summed E-state index contributed by atoms with van der Waals surface area (Å²) in [5.41, 5.74) is 1.54. The Morgan fingerprint density at radius 3 is 2.73 bits per heavy atom. The Bertz CT molecular complexity index is 852. The molecule has 5 rings (SSSR count). The van der Waals surface area contributed by atoms with Crippen LogP contribution in [-0.2, 0) is 4.79 Å². The van der Waals surface area contributed by atoms with E-state index in [2.05, 4.69) is 22.1 Å². The van der Waals surface area contributed by atoms with Gasteiger partial charge in [-0.3, -0.25) is 14.5 Å². The number of piperidine rings is 3. The number of carbonyl (C=O) groups excluding carboxylic acids is 2. The van der Waals surface area contributed by atoms with Crippen molar-refractivity contribution in [1.29, 1.82) is 0 Å². The van der Waals surface area contributed by atoms with Crippen molar-refractivity contribution in [2.45, 2.75) is 38.8 Å². The van der Waals surface area contributed by atoms with Gasteiger partial charge in [-0.05, 0) is 44.8 Å². The molecule has 0 radical (unpaired) electrons. The number of rotatable bonds is 3. The molecule has 0 aliphatic carbocycles. The smallest absolute Gasteiger partial charge is 0.270 e. The lowest BCUT2D eigenvalue weighted by Crippen LogP contribution is -2.62. The van der Waals surface area contributed by atoms with Gasteiger partial charge in [-0.15, -0.1) is 0 Å². The maximum Gasteiger partial charge on any atom is 0.270 e. The second-order valence-corrected chi connectivity index (χ2v) is 7.38. The van der Waals surface area contributed by atoms with E-state index < -0.39 is 0 Å². The minimum absolute atomic E-state index is 0.100. The number of hydrogen-bond acceptors (Lipinski definition) is 5. The standard InChI is InChI=1S/C19H24N4O3/c1-11-18(13-4-6-23(11)7-5-13)21-19(25)15-8-14-16(22(3)12(2)24)10-26-17(14)9-20-15/h8-11,13,18H,4-7H2,1-3H3,(H,21,25). The SMILES string of the molecule is CC(=O)N(C)c1coc2cnc(C(=O)NC3C4CCN(CC4)C3C)cc12. The van der Waals surface area contributed by atoms with Gasteiger partial charge in [0.25, 0.3) is 5.91 Å². The first-order chi connectivity index (χ1) is 12.5. The lowest BCUT2D eigenvalue weighted by molar-refractivity contribution is -0.116. The molecule has 138 valence electrons. The third kappa shape index (κ3) is 2.76. The quantitative estimate of drug-likeness (QED) is 0.910. The maximum absolute atomic E-state index is 12.8. The first-order valence-corrected chi connectivity index (χ1v) is 9.12. The van der Waals surface area contributed by atoms with Gasteiger partial charge in [0.05, 0.1) is 11.9 Å². The van der Waals surface area contributed by atoms with Crippen molar-refractivity contribution in [1.82, 2.24) is 15.2 Å². The Kier molecular flexibility index (Phi) is 4.19. The van der Waals surface area contributed by atoms with Crippen LogP contribution in [0.2, 0.25) is 0 Å². The van der Waals surface area contributed by atoms with Crippen molar-refractivity contribution < 1.29 is 14.0 Å². The molecule has 2 atom stereocenters. The van der Waals surface area contributed by atoms with E-state index in [1.165, 1.54) is 18.1 Å². The van der Waals surface area contributed by atoms with Gasteiger partial charge in [0.1, 0.15) is 12.0 Å². The molecule has 2 aromatic rings. The molecule has 5 heterocycles. The molecular formula is C19H24N4O3. The van der Waals surface area contributed by atoms with Crippen LogP contribution in [0, 0.1) is 5.92 Å². The Hall–Kier alpha value is -2.41. The molecule has 26 heavy (non-hydrogen) atoms. The largest absolute Gasteiger partial charge is 0.460 e. The zero-order valence-corrected chi connectivity index (χ0v) is 15.4. The maximum atomic E-state index is 12.8. The molecule has 2 unspecified atom stereocenters. The molecule has 7 heteroatoms. The number of furan rings is 1. The predicted octanol–water partition coefficient (Wildman–Crippen LogP) is 2.02. The summed E-state index contributed by atoms with van der Waals surface area (Å²) in [4.78, 5) is 32.7. The van der Waals surface area contributed by atoms with E-state index in [0.29, 0.717) is 34.3 Å². The van der Waals surface area contributed by atoms with Crippen molar-refractivity contribution in [3.8, 4) is 0 Å². The topological polar surface area (TPSA) is 78.7 Å². The number of nitrogens with zero attached hydrogens (tertiary/aromatic N) is 3. The second-order valence-electron chi connectivity index (χ2n) is 7.38. The number of pyridine rings is 1. The lowest BCUT2D eigenvalue weighted by Gasteiger charge is -2.49. The van der Waals surface area contributed by atoms with Crippen LogP contribution in [0.5, 0.6) is 0 Å². The first kappa shape index (κ1) is 17.0. The molecule has 3 saturated heterocycles. The molecule has 2 aromatic heterocycles. The highest BCUT2D eigenvalue weighted by Crippen LogP contribution is 2.32. The predicted molar refractivity (Wildman–Crippen MR) is 98.1 cm³/mol. The molecule has 1 N–H and O–H groups in total. The van der Waals surface area contributed by atoms with Crippen LogP contribution < -0.4 is 10.2 Å². The Morgan fingerprint density at radius 2 is 2.08 bits per heavy atom. The number of aromatic nitrogens is 1. The fraction of sp³-hybridized carbons (Fsp3) is 0.526. The molecule has 7 nitrogen and oxygen atoms in total. The van der Waals surface area contributed by atoms with Crippen molar-refractivity contribution in [2.75, 3.05) is 25.0 Å². The second kappa shape index (κ2) is 6.39. The summed E-state index contributed by atoms with van der Waals surface area (Å²) in [6.07, 6.45) is 5.33. The number of hydrogen-bond donors (Lipinski definition) is 1. The average Bonchev–Trinajstić information content (AvgIpc) is 3.07. The van der Waals surface area contributed by atoms with Gasteiger partial charge in [-0.2, -0.15) is 0 Å². The minimum Gasteiger partial charge on any atom is -0.460 e. The van der Waals surface area contributed by atoms with E-state index in [0.717, 1.165) is 25.9 Å². The zero-order valence-electron chi connectivity index (χ0n) is 15.4. The van der Waals surface area contributed by atoms with Crippen molar-refractivity contribution in [3.05, 3.63) is 24.2 Å². The number of amides is 2. The Balaban J connectivity index is 1.59. The van der Waals surface area contributed by atoms with Crippen molar-refractivity contribution in [2.24, 2.45) is 5.92 Å². The monoisotopic (exact) mass is 356 g/mol. The molecule has 3 aliphatic rings. The fourth-order valence-electron chi connectivity index (χ4n) is 4.24. The van der Waals surface area contributed by atoms with Crippen LogP contribution in [0.15, 0.2) is 22.9 Å². The van der Waals surface area contributed by atoms with E-state index >= 15 is 0 Å². The lowest BCUT2D eigenvalue weighted by atomic mass is 9.79. The Labute approximate surface area is 152 Å². The van der Waals surface area contributed by atoms with Crippen LogP contribution in [0.1, 0.15) is 37.2 Å². The molecule has 0 spiro atoms. The number of fused-ring (bicyclic) bond motifs is 4. The van der Waals surface area contributed by atoms with Crippen LogP contribution in [0.25, 0.3) is 11.0 Å². The van der Waals surface area contributed by atoms with E-state index in [1.807, 2.05) is 0 Å². The molecule has 3 aliphatic heterocycles. The number of anilines is 1. The first-order valence-electron chi connectivity index (χ1n) is 9.12. The van der Waals surface area contributed by atoms with Gasteiger partial charge < -0.3 is 14.6 Å². The van der Waals surface area contributed by atoms with Gasteiger partial charge in [0.15, 0.2) is 5.58 Å². The minimum atomic E-state index is -0.171. The fourth-order valence-corrected chi connectivity index (χ4v) is 4.24. The third-order valence-electron chi connectivity index (χ3n) is 5.98. The molecule has 2 amide bonds. The molecule has 0 saturated carbocycles. The van der Waals surface area contributed by atoms with Crippen LogP contribution >= 0.6 is 0 Å². The summed E-state index contributed by atoms with van der Waals surface area (Å²) < 4.78 is 5.47. The highest BCUT2D eigenvalue weighted by atomic mass is 16.3. The van der Waals surface area contributed by atoms with Gasteiger partial charge in [0.2, 0.25) is 5.91 Å². The summed E-state index contributed by atoms with van der Waals surface area (Å²) in [5.74, 6) is 0.266. The van der Waals surface area contributed by atoms with E-state index in [-0.39, 0.29) is 17.9 Å². The summed E-state index contributed by atoms with van der Waals surface area (Å²) in [7, 11) is 1.68. The molecular weight excluding hydrogens is 332 g/mol. The van der Waals surface area contributed by atoms with Gasteiger partial charge in [0, 0.05) is 31.4 Å². The van der Waals surface area contributed by atoms with E-state index in [9.17, 15) is 9.59 Å². The molecule has 3 fully saturated rings. The Morgan fingerprint density at radius 1 is 1.35 bits per heavy atom. The van der Waals surface area contributed by atoms with Gasteiger partial charge in [-0.1, -0.05) is 0 Å². The van der Waals surface area contributed by atoms with Crippen molar-refractivity contribution in [3.63, 3.8) is 0 Å². The van der Waals surface area contributed by atoms with Gasteiger partial charge in [-0.25, -0.2) is 4.98 Å². The highest BCUT2D eigenvalue weighted by Gasteiger charge is 2.40. The van der Waals surface area contributed by atoms with Crippen LogP contribution in [0.4, 0.5) is 5.69 Å².